The van der Waals surface area contributed by atoms with Crippen LogP contribution in [0.15, 0.2) is 36.5 Å². The molecule has 0 saturated carbocycles. The molecule has 1 aliphatic rings. The standard InChI is InChI=1S/C17H19N3O5/c1-24-16-10-12(6-7-15(16)20(22)23)25-11-17(21)19-9-3-5-14(19)13-4-2-8-18-13/h2,4,6-8,10,14,18H,3,5,9,11H2,1H3. The molecule has 25 heavy (non-hydrogen) atoms. The summed E-state index contributed by atoms with van der Waals surface area (Å²) >= 11 is 0. The number of nitro benzene ring substituents is 1. The Kier molecular flexibility index (Phi) is 4.87. The summed E-state index contributed by atoms with van der Waals surface area (Å²) in [7, 11) is 1.35. The molecule has 0 radical (unpaired) electrons. The lowest BCUT2D eigenvalue weighted by atomic mass is 10.1. The first-order valence-electron chi connectivity index (χ1n) is 7.98. The fourth-order valence-electron chi connectivity index (χ4n) is 3.07. The minimum Gasteiger partial charge on any atom is -0.490 e. The Morgan fingerprint density at radius 3 is 2.96 bits per heavy atom. The minimum atomic E-state index is -0.529. The normalized spacial score (nSPS) is 16.7. The minimum absolute atomic E-state index is 0.0393. The molecule has 1 amide bonds. The monoisotopic (exact) mass is 345 g/mol. The molecule has 0 aliphatic carbocycles. The number of aromatic amines is 1. The Morgan fingerprint density at radius 1 is 1.44 bits per heavy atom. The van der Waals surface area contributed by atoms with E-state index in [4.69, 9.17) is 9.47 Å². The largest absolute Gasteiger partial charge is 0.490 e. The molecule has 1 aliphatic heterocycles. The number of likely N-dealkylation sites (tertiary alicyclic amines) is 1. The van der Waals surface area contributed by atoms with Crippen LogP contribution in [0.5, 0.6) is 11.5 Å². The predicted molar refractivity (Wildman–Crippen MR) is 89.6 cm³/mol. The summed E-state index contributed by atoms with van der Waals surface area (Å²) in [5, 5.41) is 10.9. The smallest absolute Gasteiger partial charge is 0.311 e. The quantitative estimate of drug-likeness (QED) is 0.641. The summed E-state index contributed by atoms with van der Waals surface area (Å²) in [6, 6.07) is 8.10. The third-order valence-electron chi connectivity index (χ3n) is 4.26. The molecule has 1 fully saturated rings. The molecule has 3 rings (SSSR count). The van der Waals surface area contributed by atoms with Crippen molar-refractivity contribution < 1.29 is 19.2 Å². The fourth-order valence-corrected chi connectivity index (χ4v) is 3.07. The number of aromatic nitrogens is 1. The van der Waals surface area contributed by atoms with Crippen LogP contribution in [-0.2, 0) is 4.79 Å². The van der Waals surface area contributed by atoms with Gasteiger partial charge in [0.2, 0.25) is 5.75 Å². The van der Waals surface area contributed by atoms with E-state index in [0.717, 1.165) is 18.5 Å². The highest BCUT2D eigenvalue weighted by molar-refractivity contribution is 5.78. The Labute approximate surface area is 144 Å². The van der Waals surface area contributed by atoms with Crippen molar-refractivity contribution >= 4 is 11.6 Å². The van der Waals surface area contributed by atoms with Gasteiger partial charge in [0.1, 0.15) is 5.75 Å². The van der Waals surface area contributed by atoms with Gasteiger partial charge in [-0.25, -0.2) is 0 Å². The van der Waals surface area contributed by atoms with Crippen molar-refractivity contribution in [1.82, 2.24) is 9.88 Å². The summed E-state index contributed by atoms with van der Waals surface area (Å²) in [6.45, 7) is 0.563. The number of methoxy groups -OCH3 is 1. The van der Waals surface area contributed by atoms with Gasteiger partial charge in [0.05, 0.1) is 18.1 Å². The van der Waals surface area contributed by atoms with Gasteiger partial charge in [-0.05, 0) is 31.0 Å². The zero-order chi connectivity index (χ0) is 17.8. The van der Waals surface area contributed by atoms with Gasteiger partial charge in [-0.3, -0.25) is 14.9 Å². The molecule has 1 aromatic carbocycles. The molecule has 132 valence electrons. The molecule has 1 unspecified atom stereocenters. The van der Waals surface area contributed by atoms with E-state index in [1.165, 1.54) is 25.3 Å². The van der Waals surface area contributed by atoms with Crippen LogP contribution in [0.3, 0.4) is 0 Å². The molecule has 2 aromatic rings. The number of carbonyl (C=O) groups excluding carboxylic acids is 1. The molecule has 1 aromatic heterocycles. The molecular formula is C17H19N3O5. The molecule has 0 spiro atoms. The maximum Gasteiger partial charge on any atom is 0.311 e. The number of nitro groups is 1. The maximum absolute atomic E-state index is 12.5. The number of hydrogen-bond donors (Lipinski definition) is 1. The van der Waals surface area contributed by atoms with Gasteiger partial charge >= 0.3 is 5.69 Å². The Bertz CT molecular complexity index is 760. The number of H-pyrrole nitrogens is 1. The topological polar surface area (TPSA) is 97.7 Å². The molecule has 8 heteroatoms. The number of hydrogen-bond acceptors (Lipinski definition) is 5. The average molecular weight is 345 g/mol. The second-order valence-corrected chi connectivity index (χ2v) is 5.75. The van der Waals surface area contributed by atoms with Crippen molar-refractivity contribution in [1.29, 1.82) is 0 Å². The van der Waals surface area contributed by atoms with Gasteiger partial charge in [-0.15, -0.1) is 0 Å². The fraction of sp³-hybridized carbons (Fsp3) is 0.353. The van der Waals surface area contributed by atoms with E-state index in [-0.39, 0.29) is 30.0 Å². The van der Waals surface area contributed by atoms with E-state index < -0.39 is 4.92 Å². The van der Waals surface area contributed by atoms with Gasteiger partial charge < -0.3 is 19.4 Å². The first-order chi connectivity index (χ1) is 12.1. The summed E-state index contributed by atoms with van der Waals surface area (Å²) in [4.78, 5) is 27.8. The Balaban J connectivity index is 1.65. The number of rotatable bonds is 6. The van der Waals surface area contributed by atoms with Crippen LogP contribution in [0.4, 0.5) is 5.69 Å². The van der Waals surface area contributed by atoms with Crippen molar-refractivity contribution in [3.63, 3.8) is 0 Å². The SMILES string of the molecule is COc1cc(OCC(=O)N2CCCC2c2ccc[nH]2)ccc1[N+](=O)[O-]. The van der Waals surface area contributed by atoms with Gasteiger partial charge in [0.25, 0.3) is 5.91 Å². The van der Waals surface area contributed by atoms with Gasteiger partial charge in [0.15, 0.2) is 6.61 Å². The Hall–Kier alpha value is -3.03. The molecule has 1 saturated heterocycles. The molecule has 0 bridgehead atoms. The van der Waals surface area contributed by atoms with E-state index in [2.05, 4.69) is 4.98 Å². The highest BCUT2D eigenvalue weighted by Gasteiger charge is 2.30. The van der Waals surface area contributed by atoms with Crippen LogP contribution >= 0.6 is 0 Å². The number of benzene rings is 1. The maximum atomic E-state index is 12.5. The third kappa shape index (κ3) is 3.57. The van der Waals surface area contributed by atoms with Gasteiger partial charge in [-0.1, -0.05) is 0 Å². The van der Waals surface area contributed by atoms with Crippen molar-refractivity contribution in [2.45, 2.75) is 18.9 Å². The lowest BCUT2D eigenvalue weighted by Crippen LogP contribution is -2.34. The number of carbonyl (C=O) groups is 1. The number of nitrogens with one attached hydrogen (secondary N) is 1. The van der Waals surface area contributed by atoms with Gasteiger partial charge in [0, 0.05) is 30.6 Å². The van der Waals surface area contributed by atoms with E-state index in [0.29, 0.717) is 12.3 Å². The van der Waals surface area contributed by atoms with Crippen molar-refractivity contribution in [2.75, 3.05) is 20.3 Å². The first kappa shape index (κ1) is 16.8. The zero-order valence-electron chi connectivity index (χ0n) is 13.8. The highest BCUT2D eigenvalue weighted by Crippen LogP contribution is 2.32. The van der Waals surface area contributed by atoms with E-state index >= 15 is 0 Å². The Morgan fingerprint density at radius 2 is 2.28 bits per heavy atom. The molecule has 2 heterocycles. The lowest BCUT2D eigenvalue weighted by molar-refractivity contribution is -0.385. The molecule has 8 nitrogen and oxygen atoms in total. The summed E-state index contributed by atoms with van der Waals surface area (Å²) in [6.07, 6.45) is 3.70. The summed E-state index contributed by atoms with van der Waals surface area (Å²) in [5.74, 6) is 0.334. The third-order valence-corrected chi connectivity index (χ3v) is 4.26. The van der Waals surface area contributed by atoms with Crippen LogP contribution in [0, 0.1) is 10.1 Å². The molecule has 1 N–H and O–H groups in total. The van der Waals surface area contributed by atoms with Crippen LogP contribution in [-0.4, -0.2) is 41.0 Å². The van der Waals surface area contributed by atoms with Crippen molar-refractivity contribution in [2.24, 2.45) is 0 Å². The first-order valence-corrected chi connectivity index (χ1v) is 7.98. The van der Waals surface area contributed by atoms with Crippen LogP contribution in [0.2, 0.25) is 0 Å². The van der Waals surface area contributed by atoms with Crippen LogP contribution < -0.4 is 9.47 Å². The number of nitrogens with zero attached hydrogens (tertiary/aromatic N) is 2. The van der Waals surface area contributed by atoms with E-state index in [9.17, 15) is 14.9 Å². The summed E-state index contributed by atoms with van der Waals surface area (Å²) < 4.78 is 10.5. The van der Waals surface area contributed by atoms with Crippen molar-refractivity contribution in [3.05, 3.63) is 52.3 Å². The number of ether oxygens (including phenoxy) is 2. The van der Waals surface area contributed by atoms with Crippen LogP contribution in [0.25, 0.3) is 0 Å². The summed E-state index contributed by atoms with van der Waals surface area (Å²) in [5.41, 5.74) is 0.871. The predicted octanol–water partition coefficient (Wildman–Crippen LogP) is 2.67. The van der Waals surface area contributed by atoms with Crippen LogP contribution in [0.1, 0.15) is 24.6 Å². The zero-order valence-corrected chi connectivity index (χ0v) is 13.8. The lowest BCUT2D eigenvalue weighted by Gasteiger charge is -2.24. The second kappa shape index (κ2) is 7.25. The highest BCUT2D eigenvalue weighted by atomic mass is 16.6. The van der Waals surface area contributed by atoms with E-state index in [1.54, 1.807) is 4.90 Å². The molecular weight excluding hydrogens is 326 g/mol. The van der Waals surface area contributed by atoms with Crippen molar-refractivity contribution in [3.8, 4) is 11.5 Å². The van der Waals surface area contributed by atoms with Gasteiger partial charge in [-0.2, -0.15) is 0 Å². The second-order valence-electron chi connectivity index (χ2n) is 5.75. The number of amides is 1. The molecule has 1 atom stereocenters. The average Bonchev–Trinajstić information content (AvgIpc) is 3.29. The van der Waals surface area contributed by atoms with E-state index in [1.807, 2.05) is 18.3 Å².